The largest absolute Gasteiger partial charge is 0.278 e. The molecule has 0 amide bonds. The quantitative estimate of drug-likeness (QED) is 0.201. The van der Waals surface area contributed by atoms with Crippen LogP contribution in [0, 0.1) is 0 Å². The fourth-order valence-corrected chi connectivity index (χ4v) is 6.31. The summed E-state index contributed by atoms with van der Waals surface area (Å²) in [6, 6.07) is 56.6. The molecule has 0 bridgehead atoms. The molecular formula is C41H27N5. The number of nitrogens with zero attached hydrogens (tertiary/aromatic N) is 5. The van der Waals surface area contributed by atoms with Crippen LogP contribution in [0.1, 0.15) is 0 Å². The Labute approximate surface area is 265 Å². The van der Waals surface area contributed by atoms with Crippen molar-refractivity contribution in [3.05, 3.63) is 164 Å². The van der Waals surface area contributed by atoms with Gasteiger partial charge >= 0.3 is 0 Å². The van der Waals surface area contributed by atoms with E-state index in [2.05, 4.69) is 130 Å². The van der Waals surface area contributed by atoms with Gasteiger partial charge in [-0.25, -0.2) is 15.0 Å². The van der Waals surface area contributed by atoms with Crippen LogP contribution >= 0.6 is 0 Å². The lowest BCUT2D eigenvalue weighted by Crippen LogP contribution is -1.95. The Hall–Kier alpha value is -6.33. The maximum absolute atomic E-state index is 5.10. The summed E-state index contributed by atoms with van der Waals surface area (Å²) in [6.45, 7) is 0. The average Bonchev–Trinajstić information content (AvgIpc) is 3.67. The van der Waals surface area contributed by atoms with Crippen LogP contribution in [0.15, 0.2) is 164 Å². The fourth-order valence-electron chi connectivity index (χ4n) is 6.31. The second-order valence-corrected chi connectivity index (χ2v) is 11.4. The Morgan fingerprint density at radius 2 is 0.913 bits per heavy atom. The SMILES string of the molecule is c1ccc(-c2cc(-c3ccc(-c4ccc5nc6n(-c7ccccc7)c7ccccc7n6c5c4)cc3)nc(-c3ccccc3)n2)cc1. The molecule has 3 heterocycles. The molecular weight excluding hydrogens is 562 g/mol. The van der Waals surface area contributed by atoms with Gasteiger partial charge in [0.2, 0.25) is 5.78 Å². The maximum atomic E-state index is 5.10. The zero-order valence-electron chi connectivity index (χ0n) is 24.8. The third kappa shape index (κ3) is 4.37. The molecule has 0 spiro atoms. The van der Waals surface area contributed by atoms with Gasteiger partial charge in [-0.2, -0.15) is 0 Å². The summed E-state index contributed by atoms with van der Waals surface area (Å²) in [5.74, 6) is 1.62. The van der Waals surface area contributed by atoms with Crippen LogP contribution in [0.3, 0.4) is 0 Å². The molecule has 0 saturated carbocycles. The molecule has 0 fully saturated rings. The zero-order valence-corrected chi connectivity index (χ0v) is 24.8. The Kier molecular flexibility index (Phi) is 6.06. The van der Waals surface area contributed by atoms with Crippen LogP contribution in [0.2, 0.25) is 0 Å². The standard InChI is InChI=1S/C41H27N5/c1-4-12-29(13-5-1)35-27-36(43-40(42-35)31-14-6-2-7-15-31)30-22-20-28(21-23-30)32-24-25-34-39(26-32)46-38-19-11-10-18-37(38)45(41(46)44-34)33-16-8-3-9-17-33/h1-27H. The third-order valence-corrected chi connectivity index (χ3v) is 8.56. The van der Waals surface area contributed by atoms with Crippen molar-refractivity contribution >= 4 is 27.8 Å². The van der Waals surface area contributed by atoms with Crippen LogP contribution in [0.4, 0.5) is 0 Å². The van der Waals surface area contributed by atoms with E-state index >= 15 is 0 Å². The van der Waals surface area contributed by atoms with E-state index in [0.29, 0.717) is 5.82 Å². The van der Waals surface area contributed by atoms with Crippen LogP contribution in [-0.4, -0.2) is 23.9 Å². The molecule has 216 valence electrons. The molecule has 0 aliphatic carbocycles. The van der Waals surface area contributed by atoms with E-state index in [1.165, 1.54) is 0 Å². The monoisotopic (exact) mass is 589 g/mol. The van der Waals surface area contributed by atoms with Gasteiger partial charge in [0.25, 0.3) is 0 Å². The number of benzene rings is 6. The molecule has 3 aromatic heterocycles. The molecule has 0 unspecified atom stereocenters. The first-order valence-corrected chi connectivity index (χ1v) is 15.4. The smallest absolute Gasteiger partial charge is 0.220 e. The van der Waals surface area contributed by atoms with Gasteiger partial charge in [0, 0.05) is 22.4 Å². The first kappa shape index (κ1) is 26.1. The number of hydrogen-bond donors (Lipinski definition) is 0. The summed E-state index contributed by atoms with van der Waals surface area (Å²) >= 11 is 0. The van der Waals surface area contributed by atoms with E-state index in [-0.39, 0.29) is 0 Å². The van der Waals surface area contributed by atoms with Crippen molar-refractivity contribution in [2.24, 2.45) is 0 Å². The highest BCUT2D eigenvalue weighted by Gasteiger charge is 2.17. The van der Waals surface area contributed by atoms with E-state index in [4.69, 9.17) is 15.0 Å². The number of hydrogen-bond acceptors (Lipinski definition) is 3. The van der Waals surface area contributed by atoms with Gasteiger partial charge < -0.3 is 0 Å². The van der Waals surface area contributed by atoms with Crippen LogP contribution in [0.5, 0.6) is 0 Å². The Morgan fingerprint density at radius 1 is 0.370 bits per heavy atom. The molecule has 0 radical (unpaired) electrons. The lowest BCUT2D eigenvalue weighted by Gasteiger charge is -2.10. The number of imidazole rings is 2. The third-order valence-electron chi connectivity index (χ3n) is 8.56. The van der Waals surface area contributed by atoms with Gasteiger partial charge in [0.05, 0.1) is 33.5 Å². The van der Waals surface area contributed by atoms with Crippen molar-refractivity contribution in [2.75, 3.05) is 0 Å². The maximum Gasteiger partial charge on any atom is 0.220 e. The molecule has 46 heavy (non-hydrogen) atoms. The van der Waals surface area contributed by atoms with E-state index < -0.39 is 0 Å². The number of rotatable bonds is 5. The van der Waals surface area contributed by atoms with E-state index in [1.54, 1.807) is 0 Å². The second-order valence-electron chi connectivity index (χ2n) is 11.4. The topological polar surface area (TPSA) is 48.0 Å². The molecule has 6 aromatic carbocycles. The molecule has 9 aromatic rings. The van der Waals surface area contributed by atoms with E-state index in [9.17, 15) is 0 Å². The van der Waals surface area contributed by atoms with Crippen LogP contribution < -0.4 is 0 Å². The summed E-state index contributed by atoms with van der Waals surface area (Å²) in [5.41, 5.74) is 12.6. The minimum Gasteiger partial charge on any atom is -0.278 e. The predicted octanol–water partition coefficient (Wildman–Crippen LogP) is 9.89. The summed E-state index contributed by atoms with van der Waals surface area (Å²) < 4.78 is 4.51. The summed E-state index contributed by atoms with van der Waals surface area (Å²) in [6.07, 6.45) is 0. The molecule has 0 N–H and O–H groups in total. The van der Waals surface area contributed by atoms with Crippen molar-refractivity contribution in [2.45, 2.75) is 0 Å². The lowest BCUT2D eigenvalue weighted by molar-refractivity contribution is 1.11. The number of aromatic nitrogens is 5. The fraction of sp³-hybridized carbons (Fsp3) is 0. The highest BCUT2D eigenvalue weighted by Crippen LogP contribution is 2.33. The first-order valence-electron chi connectivity index (χ1n) is 15.4. The number of fused-ring (bicyclic) bond motifs is 5. The zero-order chi connectivity index (χ0) is 30.5. The van der Waals surface area contributed by atoms with Gasteiger partial charge in [-0.05, 0) is 53.6 Å². The molecule has 5 nitrogen and oxygen atoms in total. The Balaban J connectivity index is 1.14. The van der Waals surface area contributed by atoms with Gasteiger partial charge in [-0.3, -0.25) is 8.97 Å². The lowest BCUT2D eigenvalue weighted by atomic mass is 10.0. The summed E-state index contributed by atoms with van der Waals surface area (Å²) in [5, 5.41) is 0. The molecule has 5 heteroatoms. The highest BCUT2D eigenvalue weighted by molar-refractivity contribution is 5.94. The minimum atomic E-state index is 0.714. The van der Waals surface area contributed by atoms with Gasteiger partial charge in [0.15, 0.2) is 5.82 Å². The highest BCUT2D eigenvalue weighted by atomic mass is 15.2. The van der Waals surface area contributed by atoms with Crippen molar-refractivity contribution in [3.63, 3.8) is 0 Å². The molecule has 0 aliphatic heterocycles. The first-order chi connectivity index (χ1) is 22.8. The van der Waals surface area contributed by atoms with Gasteiger partial charge in [0.1, 0.15) is 0 Å². The van der Waals surface area contributed by atoms with E-state index in [1.807, 2.05) is 42.5 Å². The van der Waals surface area contributed by atoms with Crippen LogP contribution in [0.25, 0.3) is 78.6 Å². The summed E-state index contributed by atoms with van der Waals surface area (Å²) in [4.78, 5) is 15.0. The molecule has 0 atom stereocenters. The minimum absolute atomic E-state index is 0.714. The molecule has 9 rings (SSSR count). The Morgan fingerprint density at radius 3 is 1.61 bits per heavy atom. The average molecular weight is 590 g/mol. The number of para-hydroxylation sites is 3. The van der Waals surface area contributed by atoms with Gasteiger partial charge in [-0.15, -0.1) is 0 Å². The Bertz CT molecular complexity index is 2440. The van der Waals surface area contributed by atoms with Crippen molar-refractivity contribution in [3.8, 4) is 50.7 Å². The van der Waals surface area contributed by atoms with E-state index in [0.717, 1.165) is 72.7 Å². The summed E-state index contributed by atoms with van der Waals surface area (Å²) in [7, 11) is 0. The van der Waals surface area contributed by atoms with Gasteiger partial charge in [-0.1, -0.05) is 121 Å². The predicted molar refractivity (Wildman–Crippen MR) is 187 cm³/mol. The van der Waals surface area contributed by atoms with Crippen molar-refractivity contribution < 1.29 is 0 Å². The van der Waals surface area contributed by atoms with Crippen LogP contribution in [-0.2, 0) is 0 Å². The second kappa shape index (κ2) is 10.7. The molecule has 0 saturated heterocycles. The van der Waals surface area contributed by atoms with Crippen molar-refractivity contribution in [1.29, 1.82) is 0 Å². The normalized spacial score (nSPS) is 11.5. The van der Waals surface area contributed by atoms with Crippen molar-refractivity contribution in [1.82, 2.24) is 23.9 Å². The molecule has 0 aliphatic rings.